The Balaban J connectivity index is 4.08. The van der Waals surface area contributed by atoms with Crippen LogP contribution in [0.1, 0.15) is 26.7 Å². The van der Waals surface area contributed by atoms with Gasteiger partial charge in [-0.25, -0.2) is 0 Å². The second kappa shape index (κ2) is 6.80. The van der Waals surface area contributed by atoms with Gasteiger partial charge in [0.15, 0.2) is 0 Å². The molecule has 0 atom stereocenters. The lowest BCUT2D eigenvalue weighted by atomic mass is 9.94. The Kier molecular flexibility index (Phi) is 6.48. The molecule has 0 fully saturated rings. The molecule has 0 radical (unpaired) electrons. The van der Waals surface area contributed by atoms with E-state index in [0.29, 0.717) is 12.8 Å². The van der Waals surface area contributed by atoms with Gasteiger partial charge in [-0.2, -0.15) is 13.2 Å². The van der Waals surface area contributed by atoms with E-state index >= 15 is 0 Å². The largest absolute Gasteiger partial charge is 0.411 e. The van der Waals surface area contributed by atoms with E-state index in [0.717, 1.165) is 0 Å². The minimum Gasteiger partial charge on any atom is -0.394 e. The SMILES string of the molecule is CCC(CC)(CO)NC(=O)COCC(F)(F)F. The second-order valence-corrected chi connectivity index (χ2v) is 3.80. The summed E-state index contributed by atoms with van der Waals surface area (Å²) in [6.07, 6.45) is -3.46. The van der Waals surface area contributed by atoms with Gasteiger partial charge in [0.25, 0.3) is 0 Å². The Bertz CT molecular complexity index is 231. The maximum Gasteiger partial charge on any atom is 0.411 e. The fraction of sp³-hybridized carbons (Fsp3) is 0.900. The number of amides is 1. The zero-order valence-corrected chi connectivity index (χ0v) is 9.93. The number of ether oxygens (including phenoxy) is 1. The van der Waals surface area contributed by atoms with Crippen molar-refractivity contribution in [1.82, 2.24) is 5.32 Å². The first-order chi connectivity index (χ1) is 7.78. The van der Waals surface area contributed by atoms with E-state index < -0.39 is 30.8 Å². The zero-order chi connectivity index (χ0) is 13.5. The average Bonchev–Trinajstić information content (AvgIpc) is 2.24. The number of carbonyl (C=O) groups is 1. The summed E-state index contributed by atoms with van der Waals surface area (Å²) in [5, 5.41) is 11.6. The topological polar surface area (TPSA) is 58.6 Å². The standard InChI is InChI=1S/C10H18F3NO3/c1-3-9(4-2,6-15)14-8(16)5-17-7-10(11,12)13/h15H,3-7H2,1-2H3,(H,14,16). The lowest BCUT2D eigenvalue weighted by molar-refractivity contribution is -0.176. The number of nitrogens with one attached hydrogen (secondary N) is 1. The van der Waals surface area contributed by atoms with Crippen molar-refractivity contribution in [3.63, 3.8) is 0 Å². The van der Waals surface area contributed by atoms with Crippen LogP contribution in [-0.2, 0) is 9.53 Å². The van der Waals surface area contributed by atoms with Gasteiger partial charge in [-0.05, 0) is 12.8 Å². The summed E-state index contributed by atoms with van der Waals surface area (Å²) in [4.78, 5) is 11.3. The van der Waals surface area contributed by atoms with Crippen LogP contribution >= 0.6 is 0 Å². The third-order valence-electron chi connectivity index (χ3n) is 2.56. The molecule has 17 heavy (non-hydrogen) atoms. The second-order valence-electron chi connectivity index (χ2n) is 3.80. The predicted octanol–water partition coefficient (Wildman–Crippen LogP) is 1.23. The molecule has 0 rings (SSSR count). The Morgan fingerprint density at radius 1 is 1.29 bits per heavy atom. The third kappa shape index (κ3) is 6.48. The van der Waals surface area contributed by atoms with Crippen molar-refractivity contribution in [1.29, 1.82) is 0 Å². The number of hydrogen-bond acceptors (Lipinski definition) is 3. The molecule has 0 aromatic rings. The van der Waals surface area contributed by atoms with Gasteiger partial charge < -0.3 is 15.2 Å². The molecule has 0 spiro atoms. The van der Waals surface area contributed by atoms with E-state index in [4.69, 9.17) is 5.11 Å². The van der Waals surface area contributed by atoms with Crippen LogP contribution in [0.5, 0.6) is 0 Å². The molecule has 0 aliphatic carbocycles. The van der Waals surface area contributed by atoms with E-state index in [1.165, 1.54) is 0 Å². The summed E-state index contributed by atoms with van der Waals surface area (Å²) in [5.74, 6) is -0.660. The Morgan fingerprint density at radius 2 is 1.82 bits per heavy atom. The molecule has 0 aromatic carbocycles. The van der Waals surface area contributed by atoms with Gasteiger partial charge in [-0.15, -0.1) is 0 Å². The van der Waals surface area contributed by atoms with Gasteiger partial charge in [0.05, 0.1) is 12.1 Å². The van der Waals surface area contributed by atoms with E-state index in [-0.39, 0.29) is 6.61 Å². The van der Waals surface area contributed by atoms with Crippen LogP contribution in [0.4, 0.5) is 13.2 Å². The molecule has 0 aliphatic rings. The fourth-order valence-corrected chi connectivity index (χ4v) is 1.28. The maximum absolute atomic E-state index is 11.7. The quantitative estimate of drug-likeness (QED) is 0.721. The van der Waals surface area contributed by atoms with Gasteiger partial charge in [0, 0.05) is 0 Å². The first kappa shape index (κ1) is 16.2. The Morgan fingerprint density at radius 3 is 2.18 bits per heavy atom. The molecule has 0 aliphatic heterocycles. The molecule has 7 heteroatoms. The number of alkyl halides is 3. The number of aliphatic hydroxyl groups excluding tert-OH is 1. The average molecular weight is 257 g/mol. The van der Waals surface area contributed by atoms with Crippen molar-refractivity contribution in [3.8, 4) is 0 Å². The molecule has 4 nitrogen and oxygen atoms in total. The van der Waals surface area contributed by atoms with Crippen LogP contribution in [0.2, 0.25) is 0 Å². The van der Waals surface area contributed by atoms with E-state index in [9.17, 15) is 18.0 Å². The summed E-state index contributed by atoms with van der Waals surface area (Å²) >= 11 is 0. The van der Waals surface area contributed by atoms with E-state index in [1.807, 2.05) is 0 Å². The van der Waals surface area contributed by atoms with Gasteiger partial charge in [-0.1, -0.05) is 13.8 Å². The lowest BCUT2D eigenvalue weighted by Gasteiger charge is -2.30. The van der Waals surface area contributed by atoms with Crippen LogP contribution in [-0.4, -0.2) is 42.5 Å². The van der Waals surface area contributed by atoms with E-state index in [2.05, 4.69) is 10.1 Å². The van der Waals surface area contributed by atoms with Crippen molar-refractivity contribution in [2.45, 2.75) is 38.4 Å². The number of aliphatic hydroxyl groups is 1. The highest BCUT2D eigenvalue weighted by Crippen LogP contribution is 2.15. The summed E-state index contributed by atoms with van der Waals surface area (Å²) in [7, 11) is 0. The van der Waals surface area contributed by atoms with Crippen molar-refractivity contribution < 1.29 is 27.8 Å². The molecule has 0 saturated heterocycles. The molecule has 102 valence electrons. The monoisotopic (exact) mass is 257 g/mol. The van der Waals surface area contributed by atoms with Gasteiger partial charge in [0.1, 0.15) is 13.2 Å². The first-order valence-corrected chi connectivity index (χ1v) is 5.35. The molecule has 0 saturated carbocycles. The Hall–Kier alpha value is -0.820. The number of carbonyl (C=O) groups excluding carboxylic acids is 1. The van der Waals surface area contributed by atoms with Gasteiger partial charge in [-0.3, -0.25) is 4.79 Å². The normalized spacial score (nSPS) is 12.6. The molecular weight excluding hydrogens is 239 g/mol. The molecule has 0 heterocycles. The first-order valence-electron chi connectivity index (χ1n) is 5.35. The van der Waals surface area contributed by atoms with E-state index in [1.54, 1.807) is 13.8 Å². The molecule has 0 unspecified atom stereocenters. The van der Waals surface area contributed by atoms with Crippen LogP contribution in [0.25, 0.3) is 0 Å². The van der Waals surface area contributed by atoms with Gasteiger partial charge >= 0.3 is 6.18 Å². The molecule has 2 N–H and O–H groups in total. The van der Waals surface area contributed by atoms with Crippen molar-refractivity contribution in [2.24, 2.45) is 0 Å². The molecule has 1 amide bonds. The maximum atomic E-state index is 11.7. The highest BCUT2D eigenvalue weighted by molar-refractivity contribution is 5.78. The van der Waals surface area contributed by atoms with Crippen LogP contribution in [0.3, 0.4) is 0 Å². The highest BCUT2D eigenvalue weighted by Gasteiger charge is 2.30. The summed E-state index contributed by atoms with van der Waals surface area (Å²) in [5.41, 5.74) is -0.779. The minimum atomic E-state index is -4.44. The summed E-state index contributed by atoms with van der Waals surface area (Å²) < 4.78 is 39.5. The fourth-order valence-electron chi connectivity index (χ4n) is 1.28. The highest BCUT2D eigenvalue weighted by atomic mass is 19.4. The third-order valence-corrected chi connectivity index (χ3v) is 2.56. The van der Waals surface area contributed by atoms with Crippen molar-refractivity contribution in [2.75, 3.05) is 19.8 Å². The number of rotatable bonds is 7. The van der Waals surface area contributed by atoms with Crippen LogP contribution in [0.15, 0.2) is 0 Å². The lowest BCUT2D eigenvalue weighted by Crippen LogP contribution is -2.51. The summed E-state index contributed by atoms with van der Waals surface area (Å²) in [6, 6.07) is 0. The molecular formula is C10H18F3NO3. The van der Waals surface area contributed by atoms with Crippen LogP contribution < -0.4 is 5.32 Å². The molecule has 0 bridgehead atoms. The number of halogens is 3. The van der Waals surface area contributed by atoms with Crippen molar-refractivity contribution >= 4 is 5.91 Å². The molecule has 0 aromatic heterocycles. The number of hydrogen-bond donors (Lipinski definition) is 2. The van der Waals surface area contributed by atoms with Crippen LogP contribution in [0, 0.1) is 0 Å². The predicted molar refractivity (Wildman–Crippen MR) is 55.4 cm³/mol. The Labute approximate surface area is 98.1 Å². The summed E-state index contributed by atoms with van der Waals surface area (Å²) in [6.45, 7) is 1.17. The van der Waals surface area contributed by atoms with Gasteiger partial charge in [0.2, 0.25) is 5.91 Å². The zero-order valence-electron chi connectivity index (χ0n) is 9.93. The van der Waals surface area contributed by atoms with Crippen molar-refractivity contribution in [3.05, 3.63) is 0 Å². The minimum absolute atomic E-state index is 0.259. The smallest absolute Gasteiger partial charge is 0.394 e.